The quantitative estimate of drug-likeness (QED) is 0.740. The van der Waals surface area contributed by atoms with Crippen molar-refractivity contribution in [1.82, 2.24) is 4.90 Å². The van der Waals surface area contributed by atoms with Gasteiger partial charge in [-0.2, -0.15) is 0 Å². The summed E-state index contributed by atoms with van der Waals surface area (Å²) in [5.41, 5.74) is 0.136. The Morgan fingerprint density at radius 2 is 2.00 bits per heavy atom. The highest BCUT2D eigenvalue weighted by atomic mass is 16.2. The van der Waals surface area contributed by atoms with Crippen LogP contribution in [0.2, 0.25) is 0 Å². The Balaban J connectivity index is 2.77. The molecule has 17 heavy (non-hydrogen) atoms. The molecule has 3 heteroatoms. The zero-order chi connectivity index (χ0) is 13.1. The maximum Gasteiger partial charge on any atom is 0.222 e. The van der Waals surface area contributed by atoms with Crippen molar-refractivity contribution in [3.05, 3.63) is 0 Å². The monoisotopic (exact) mass is 239 g/mol. The minimum atomic E-state index is -0.177. The summed E-state index contributed by atoms with van der Waals surface area (Å²) in [5, 5.41) is 0. The third-order valence-electron chi connectivity index (χ3n) is 3.84. The second-order valence-electron chi connectivity index (χ2n) is 5.62. The lowest BCUT2D eigenvalue weighted by Crippen LogP contribution is -2.39. The van der Waals surface area contributed by atoms with Crippen molar-refractivity contribution in [3.8, 4) is 0 Å². The molecule has 2 unspecified atom stereocenters. The molecule has 2 atom stereocenters. The summed E-state index contributed by atoms with van der Waals surface area (Å²) >= 11 is 0. The molecule has 0 N–H and O–H groups in total. The SMILES string of the molecule is CCCCC1(C)CC(C(C)=O)N(C(=O)CC)C1. The minimum Gasteiger partial charge on any atom is -0.332 e. The topological polar surface area (TPSA) is 37.4 Å². The molecule has 1 aliphatic heterocycles. The van der Waals surface area contributed by atoms with E-state index in [4.69, 9.17) is 0 Å². The average Bonchev–Trinajstić information content (AvgIpc) is 2.64. The zero-order valence-corrected chi connectivity index (χ0v) is 11.6. The molecular formula is C14H25NO2. The molecule has 1 rings (SSSR count). The Bertz CT molecular complexity index is 301. The molecule has 1 heterocycles. The summed E-state index contributed by atoms with van der Waals surface area (Å²) in [5.74, 6) is 0.248. The first-order valence-electron chi connectivity index (χ1n) is 6.73. The smallest absolute Gasteiger partial charge is 0.222 e. The van der Waals surface area contributed by atoms with Gasteiger partial charge in [0.25, 0.3) is 0 Å². The van der Waals surface area contributed by atoms with Crippen LogP contribution in [0.5, 0.6) is 0 Å². The molecule has 1 saturated heterocycles. The fourth-order valence-electron chi connectivity index (χ4n) is 2.78. The summed E-state index contributed by atoms with van der Waals surface area (Å²) in [6.45, 7) is 8.61. The van der Waals surface area contributed by atoms with Gasteiger partial charge in [-0.3, -0.25) is 9.59 Å². The number of carbonyl (C=O) groups is 2. The van der Waals surface area contributed by atoms with Gasteiger partial charge in [-0.1, -0.05) is 33.6 Å². The summed E-state index contributed by atoms with van der Waals surface area (Å²) in [6.07, 6.45) is 4.79. The van der Waals surface area contributed by atoms with Gasteiger partial charge in [0.15, 0.2) is 5.78 Å². The number of carbonyl (C=O) groups excluding carboxylic acids is 2. The highest BCUT2D eigenvalue weighted by Gasteiger charge is 2.43. The van der Waals surface area contributed by atoms with Crippen molar-refractivity contribution in [2.24, 2.45) is 5.41 Å². The molecule has 0 radical (unpaired) electrons. The van der Waals surface area contributed by atoms with Crippen LogP contribution in [-0.4, -0.2) is 29.2 Å². The van der Waals surface area contributed by atoms with E-state index in [1.54, 1.807) is 11.8 Å². The van der Waals surface area contributed by atoms with E-state index >= 15 is 0 Å². The molecule has 0 bridgehead atoms. The summed E-state index contributed by atoms with van der Waals surface area (Å²) in [6, 6.07) is -0.177. The third-order valence-corrected chi connectivity index (χ3v) is 3.84. The molecule has 98 valence electrons. The number of amides is 1. The highest BCUT2D eigenvalue weighted by molar-refractivity contribution is 5.88. The van der Waals surface area contributed by atoms with Crippen LogP contribution in [0.1, 0.15) is 59.8 Å². The van der Waals surface area contributed by atoms with Gasteiger partial charge in [-0.05, 0) is 25.2 Å². The highest BCUT2D eigenvalue weighted by Crippen LogP contribution is 2.39. The predicted molar refractivity (Wildman–Crippen MR) is 68.7 cm³/mol. The number of hydrogen-bond acceptors (Lipinski definition) is 2. The Kier molecular flexibility index (Phi) is 4.72. The number of likely N-dealkylation sites (tertiary alicyclic amines) is 1. The second kappa shape index (κ2) is 5.65. The third kappa shape index (κ3) is 3.30. The molecular weight excluding hydrogens is 214 g/mol. The standard InChI is InChI=1S/C14H25NO2/c1-5-7-8-14(4)9-12(11(3)16)15(10-14)13(17)6-2/h12H,5-10H2,1-4H3. The Morgan fingerprint density at radius 1 is 1.35 bits per heavy atom. The average molecular weight is 239 g/mol. The van der Waals surface area contributed by atoms with Crippen molar-refractivity contribution in [2.45, 2.75) is 65.8 Å². The first-order chi connectivity index (χ1) is 7.93. The first-order valence-corrected chi connectivity index (χ1v) is 6.73. The van der Waals surface area contributed by atoms with Gasteiger partial charge in [0, 0.05) is 13.0 Å². The Hall–Kier alpha value is -0.860. The number of ketones is 1. The molecule has 0 aromatic carbocycles. The first kappa shape index (κ1) is 14.2. The lowest BCUT2D eigenvalue weighted by Gasteiger charge is -2.24. The van der Waals surface area contributed by atoms with Crippen molar-refractivity contribution >= 4 is 11.7 Å². The van der Waals surface area contributed by atoms with Crippen molar-refractivity contribution in [1.29, 1.82) is 0 Å². The van der Waals surface area contributed by atoms with Crippen LogP contribution in [0, 0.1) is 5.41 Å². The summed E-state index contributed by atoms with van der Waals surface area (Å²) < 4.78 is 0. The van der Waals surface area contributed by atoms with Gasteiger partial charge in [0.1, 0.15) is 0 Å². The van der Waals surface area contributed by atoms with Crippen LogP contribution in [0.4, 0.5) is 0 Å². The van der Waals surface area contributed by atoms with Gasteiger partial charge in [-0.15, -0.1) is 0 Å². The lowest BCUT2D eigenvalue weighted by atomic mass is 9.82. The number of nitrogens with zero attached hydrogens (tertiary/aromatic N) is 1. The van der Waals surface area contributed by atoms with Crippen LogP contribution in [-0.2, 0) is 9.59 Å². The maximum absolute atomic E-state index is 11.9. The fourth-order valence-corrected chi connectivity index (χ4v) is 2.78. The number of rotatable bonds is 5. The normalized spacial score (nSPS) is 28.5. The molecule has 0 saturated carbocycles. The molecule has 3 nitrogen and oxygen atoms in total. The van der Waals surface area contributed by atoms with Crippen molar-refractivity contribution in [2.75, 3.05) is 6.54 Å². The fraction of sp³-hybridized carbons (Fsp3) is 0.857. The van der Waals surface area contributed by atoms with Gasteiger partial charge in [0.2, 0.25) is 5.91 Å². The van der Waals surface area contributed by atoms with Crippen LogP contribution >= 0.6 is 0 Å². The van der Waals surface area contributed by atoms with E-state index in [-0.39, 0.29) is 23.1 Å². The molecule has 1 amide bonds. The van der Waals surface area contributed by atoms with Crippen molar-refractivity contribution in [3.63, 3.8) is 0 Å². The Morgan fingerprint density at radius 3 is 2.47 bits per heavy atom. The Labute approximate surface area is 105 Å². The van der Waals surface area contributed by atoms with Gasteiger partial charge >= 0.3 is 0 Å². The maximum atomic E-state index is 11.9. The lowest BCUT2D eigenvalue weighted by molar-refractivity contribution is -0.136. The second-order valence-corrected chi connectivity index (χ2v) is 5.62. The molecule has 0 aromatic heterocycles. The number of unbranched alkanes of at least 4 members (excludes halogenated alkanes) is 1. The van der Waals surface area contributed by atoms with E-state index in [0.29, 0.717) is 6.42 Å². The predicted octanol–water partition coefficient (Wildman–Crippen LogP) is 2.78. The number of hydrogen-bond donors (Lipinski definition) is 0. The van der Waals surface area contributed by atoms with Crippen LogP contribution in [0.15, 0.2) is 0 Å². The largest absolute Gasteiger partial charge is 0.332 e. The van der Waals surface area contributed by atoms with E-state index in [0.717, 1.165) is 19.4 Å². The van der Waals surface area contributed by atoms with Crippen molar-refractivity contribution < 1.29 is 9.59 Å². The molecule has 1 fully saturated rings. The zero-order valence-electron chi connectivity index (χ0n) is 11.6. The summed E-state index contributed by atoms with van der Waals surface area (Å²) in [4.78, 5) is 25.3. The summed E-state index contributed by atoms with van der Waals surface area (Å²) in [7, 11) is 0. The molecule has 0 spiro atoms. The van der Waals surface area contributed by atoms with E-state index in [2.05, 4.69) is 13.8 Å². The molecule has 0 aliphatic carbocycles. The van der Waals surface area contributed by atoms with E-state index in [9.17, 15) is 9.59 Å². The van der Waals surface area contributed by atoms with Crippen LogP contribution in [0.25, 0.3) is 0 Å². The number of Topliss-reactive ketones (excluding diaryl/α,β-unsaturated/α-hetero) is 1. The van der Waals surface area contributed by atoms with Crippen LogP contribution in [0.3, 0.4) is 0 Å². The molecule has 1 aliphatic rings. The molecule has 0 aromatic rings. The minimum absolute atomic E-state index is 0.116. The van der Waals surface area contributed by atoms with E-state index in [1.165, 1.54) is 12.8 Å². The van der Waals surface area contributed by atoms with E-state index in [1.807, 2.05) is 6.92 Å². The van der Waals surface area contributed by atoms with Gasteiger partial charge < -0.3 is 4.90 Å². The van der Waals surface area contributed by atoms with Gasteiger partial charge in [-0.25, -0.2) is 0 Å². The van der Waals surface area contributed by atoms with Crippen LogP contribution < -0.4 is 0 Å². The van der Waals surface area contributed by atoms with Gasteiger partial charge in [0.05, 0.1) is 6.04 Å². The van der Waals surface area contributed by atoms with E-state index < -0.39 is 0 Å².